The van der Waals surface area contributed by atoms with Gasteiger partial charge in [-0.05, 0) is 39.0 Å². The third kappa shape index (κ3) is 3.01. The number of carbonyl (C=O) groups excluding carboxylic acids is 1. The number of rotatable bonds is 3. The van der Waals surface area contributed by atoms with E-state index in [0.717, 1.165) is 19.4 Å². The monoisotopic (exact) mass is 268 g/mol. The van der Waals surface area contributed by atoms with E-state index >= 15 is 0 Å². The highest BCUT2D eigenvalue weighted by molar-refractivity contribution is 5.77. The molecule has 2 rings (SSSR count). The van der Waals surface area contributed by atoms with Gasteiger partial charge in [0.1, 0.15) is 0 Å². The molecule has 0 aromatic heterocycles. The van der Waals surface area contributed by atoms with Gasteiger partial charge in [-0.1, -0.05) is 12.8 Å². The molecule has 0 aromatic rings. The predicted octanol–water partition coefficient (Wildman–Crippen LogP) is 2.07. The van der Waals surface area contributed by atoms with Crippen molar-refractivity contribution < 1.29 is 14.7 Å². The number of hydrogen-bond acceptors (Lipinski definition) is 2. The highest BCUT2D eigenvalue weighted by Crippen LogP contribution is 2.36. The van der Waals surface area contributed by atoms with Crippen molar-refractivity contribution in [3.63, 3.8) is 0 Å². The summed E-state index contributed by atoms with van der Waals surface area (Å²) in [6.07, 6.45) is 5.91. The summed E-state index contributed by atoms with van der Waals surface area (Å²) in [6, 6.07) is -0.0521. The Kier molecular flexibility index (Phi) is 4.32. The second-order valence-corrected chi connectivity index (χ2v) is 5.96. The summed E-state index contributed by atoms with van der Waals surface area (Å²) in [5.41, 5.74) is 0. The molecule has 1 saturated heterocycles. The standard InChI is InChI=1S/C14H24N2O3/c1-9(13(17)18)10(2)15-14(19)16-8-7-11-5-3-4-6-12(11)16/h9-12H,3-8H2,1-2H3,(H,15,19)(H,17,18). The summed E-state index contributed by atoms with van der Waals surface area (Å²) in [5.74, 6) is -0.773. The molecule has 0 spiro atoms. The molecule has 0 bridgehead atoms. The van der Waals surface area contributed by atoms with E-state index in [1.165, 1.54) is 19.3 Å². The van der Waals surface area contributed by atoms with E-state index in [1.807, 2.05) is 4.90 Å². The predicted molar refractivity (Wildman–Crippen MR) is 71.9 cm³/mol. The van der Waals surface area contributed by atoms with Crippen molar-refractivity contribution in [3.8, 4) is 0 Å². The zero-order valence-electron chi connectivity index (χ0n) is 11.8. The number of aliphatic carboxylic acids is 1. The van der Waals surface area contributed by atoms with Crippen LogP contribution in [0.25, 0.3) is 0 Å². The maximum Gasteiger partial charge on any atom is 0.317 e. The molecule has 4 unspecified atom stereocenters. The third-order valence-electron chi connectivity index (χ3n) is 4.76. The molecule has 2 N–H and O–H groups in total. The van der Waals surface area contributed by atoms with Gasteiger partial charge in [-0.3, -0.25) is 4.79 Å². The fourth-order valence-corrected chi connectivity index (χ4v) is 3.27. The Morgan fingerprint density at radius 1 is 1.21 bits per heavy atom. The van der Waals surface area contributed by atoms with Crippen molar-refractivity contribution in [2.75, 3.05) is 6.54 Å². The lowest BCUT2D eigenvalue weighted by Gasteiger charge is -2.32. The molecule has 2 amide bonds. The highest BCUT2D eigenvalue weighted by atomic mass is 16.4. The minimum Gasteiger partial charge on any atom is -0.481 e. The summed E-state index contributed by atoms with van der Waals surface area (Å²) in [7, 11) is 0. The lowest BCUT2D eigenvalue weighted by molar-refractivity contribution is -0.141. The molecule has 108 valence electrons. The number of carboxylic acid groups (broad SMARTS) is 1. The van der Waals surface area contributed by atoms with Gasteiger partial charge in [-0.25, -0.2) is 4.79 Å². The number of carboxylic acids is 1. The Labute approximate surface area is 114 Å². The van der Waals surface area contributed by atoms with Gasteiger partial charge < -0.3 is 15.3 Å². The van der Waals surface area contributed by atoms with Crippen LogP contribution in [0.1, 0.15) is 46.0 Å². The molecule has 1 saturated carbocycles. The number of carbonyl (C=O) groups is 2. The van der Waals surface area contributed by atoms with Crippen LogP contribution in [0, 0.1) is 11.8 Å². The minimum absolute atomic E-state index is 0.0880. The second-order valence-electron chi connectivity index (χ2n) is 5.96. The van der Waals surface area contributed by atoms with Crippen LogP contribution < -0.4 is 5.32 Å². The van der Waals surface area contributed by atoms with Gasteiger partial charge in [0.25, 0.3) is 0 Å². The quantitative estimate of drug-likeness (QED) is 0.823. The third-order valence-corrected chi connectivity index (χ3v) is 4.76. The van der Waals surface area contributed by atoms with Crippen LogP contribution in [0.4, 0.5) is 4.79 Å². The molecule has 0 aromatic carbocycles. The molecular formula is C14H24N2O3. The summed E-state index contributed by atoms with van der Waals surface area (Å²) in [6.45, 7) is 4.20. The normalized spacial score (nSPS) is 29.5. The first-order chi connectivity index (χ1) is 9.00. The Morgan fingerprint density at radius 3 is 2.58 bits per heavy atom. The first-order valence-corrected chi connectivity index (χ1v) is 7.30. The lowest BCUT2D eigenvalue weighted by Crippen LogP contribution is -2.49. The summed E-state index contributed by atoms with van der Waals surface area (Å²) in [4.78, 5) is 25.1. The van der Waals surface area contributed by atoms with E-state index in [0.29, 0.717) is 12.0 Å². The Morgan fingerprint density at radius 2 is 1.89 bits per heavy atom. The summed E-state index contributed by atoms with van der Waals surface area (Å²) in [5, 5.41) is 11.8. The molecule has 2 aliphatic rings. The van der Waals surface area contributed by atoms with Gasteiger partial charge in [0.2, 0.25) is 0 Å². The number of nitrogens with one attached hydrogen (secondary N) is 1. The molecule has 5 nitrogen and oxygen atoms in total. The molecule has 1 aliphatic heterocycles. The molecule has 1 aliphatic carbocycles. The number of fused-ring (bicyclic) bond motifs is 1. The van der Waals surface area contributed by atoms with Crippen LogP contribution in [0.15, 0.2) is 0 Å². The molecule has 0 radical (unpaired) electrons. The van der Waals surface area contributed by atoms with Crippen LogP contribution in [0.3, 0.4) is 0 Å². The largest absolute Gasteiger partial charge is 0.481 e. The molecule has 4 atom stereocenters. The number of amides is 2. The van der Waals surface area contributed by atoms with E-state index in [4.69, 9.17) is 5.11 Å². The zero-order valence-corrected chi connectivity index (χ0v) is 11.8. The molecule has 1 heterocycles. The zero-order chi connectivity index (χ0) is 14.0. The maximum atomic E-state index is 12.3. The Hall–Kier alpha value is -1.26. The number of likely N-dealkylation sites (tertiary alicyclic amines) is 1. The Balaban J connectivity index is 1.91. The van der Waals surface area contributed by atoms with E-state index in [9.17, 15) is 9.59 Å². The van der Waals surface area contributed by atoms with Crippen LogP contribution in [0.2, 0.25) is 0 Å². The molecule has 19 heavy (non-hydrogen) atoms. The fraction of sp³-hybridized carbons (Fsp3) is 0.857. The fourth-order valence-electron chi connectivity index (χ4n) is 3.27. The van der Waals surface area contributed by atoms with Gasteiger partial charge in [-0.2, -0.15) is 0 Å². The molecule has 2 fully saturated rings. The molecular weight excluding hydrogens is 244 g/mol. The van der Waals surface area contributed by atoms with Crippen LogP contribution >= 0.6 is 0 Å². The van der Waals surface area contributed by atoms with Gasteiger partial charge >= 0.3 is 12.0 Å². The van der Waals surface area contributed by atoms with Crippen LogP contribution in [-0.4, -0.2) is 40.6 Å². The van der Waals surface area contributed by atoms with E-state index in [2.05, 4.69) is 5.32 Å². The highest BCUT2D eigenvalue weighted by Gasteiger charge is 2.38. The summed E-state index contributed by atoms with van der Waals surface area (Å²) >= 11 is 0. The van der Waals surface area contributed by atoms with Crippen molar-refractivity contribution in [2.24, 2.45) is 11.8 Å². The smallest absolute Gasteiger partial charge is 0.317 e. The second kappa shape index (κ2) is 5.80. The van der Waals surface area contributed by atoms with Gasteiger partial charge in [0.05, 0.1) is 5.92 Å². The average molecular weight is 268 g/mol. The van der Waals surface area contributed by atoms with E-state index in [-0.39, 0.29) is 12.1 Å². The average Bonchev–Trinajstić information content (AvgIpc) is 2.81. The summed E-state index contributed by atoms with van der Waals surface area (Å²) < 4.78 is 0. The van der Waals surface area contributed by atoms with Crippen molar-refractivity contribution in [2.45, 2.75) is 58.0 Å². The minimum atomic E-state index is -0.871. The van der Waals surface area contributed by atoms with Gasteiger partial charge in [0, 0.05) is 18.6 Å². The van der Waals surface area contributed by atoms with E-state index < -0.39 is 11.9 Å². The first kappa shape index (κ1) is 14.2. The van der Waals surface area contributed by atoms with Crippen molar-refractivity contribution in [1.29, 1.82) is 0 Å². The lowest BCUT2D eigenvalue weighted by atomic mass is 9.85. The SMILES string of the molecule is CC(NC(=O)N1CCC2CCCCC21)C(C)C(=O)O. The number of hydrogen-bond donors (Lipinski definition) is 2. The van der Waals surface area contributed by atoms with E-state index in [1.54, 1.807) is 13.8 Å². The van der Waals surface area contributed by atoms with Crippen LogP contribution in [0.5, 0.6) is 0 Å². The first-order valence-electron chi connectivity index (χ1n) is 7.30. The molecule has 5 heteroatoms. The number of urea groups is 1. The van der Waals surface area contributed by atoms with Crippen molar-refractivity contribution in [1.82, 2.24) is 10.2 Å². The Bertz CT molecular complexity index is 359. The van der Waals surface area contributed by atoms with Gasteiger partial charge in [0.15, 0.2) is 0 Å². The maximum absolute atomic E-state index is 12.3. The van der Waals surface area contributed by atoms with Crippen LogP contribution in [-0.2, 0) is 4.79 Å². The number of nitrogens with zero attached hydrogens (tertiary/aromatic N) is 1. The van der Waals surface area contributed by atoms with Gasteiger partial charge in [-0.15, -0.1) is 0 Å². The topological polar surface area (TPSA) is 69.6 Å². The van der Waals surface area contributed by atoms with Crippen molar-refractivity contribution >= 4 is 12.0 Å². The van der Waals surface area contributed by atoms with Crippen molar-refractivity contribution in [3.05, 3.63) is 0 Å².